The van der Waals surface area contributed by atoms with Crippen molar-refractivity contribution in [3.05, 3.63) is 0 Å². The van der Waals surface area contributed by atoms with Crippen LogP contribution in [0.2, 0.25) is 0 Å². The lowest BCUT2D eigenvalue weighted by atomic mass is 9.70. The summed E-state index contributed by atoms with van der Waals surface area (Å²) in [5, 5.41) is 11.9. The highest BCUT2D eigenvalue weighted by Crippen LogP contribution is 2.42. The number of nitrogens with two attached hydrogens (primary N) is 1. The minimum absolute atomic E-state index is 0.222. The van der Waals surface area contributed by atoms with Gasteiger partial charge in [0.2, 0.25) is 0 Å². The van der Waals surface area contributed by atoms with Gasteiger partial charge in [-0.3, -0.25) is 0 Å². The highest BCUT2D eigenvalue weighted by atomic mass is 16.5. The predicted octanol–water partition coefficient (Wildman–Crippen LogP) is 2.11. The molecule has 0 aromatic rings. The number of amidine groups is 1. The van der Waals surface area contributed by atoms with Crippen molar-refractivity contribution in [1.29, 1.82) is 0 Å². The molecule has 0 aliphatic heterocycles. The van der Waals surface area contributed by atoms with Crippen LogP contribution < -0.4 is 5.73 Å². The molecule has 0 heterocycles. The highest BCUT2D eigenvalue weighted by Gasteiger charge is 2.42. The molecule has 88 valence electrons. The third-order valence-electron chi connectivity index (χ3n) is 3.41. The van der Waals surface area contributed by atoms with Gasteiger partial charge in [0.1, 0.15) is 5.60 Å². The molecule has 0 amide bonds. The van der Waals surface area contributed by atoms with E-state index in [1.165, 1.54) is 0 Å². The summed E-state index contributed by atoms with van der Waals surface area (Å²) in [6.45, 7) is 7.02. The van der Waals surface area contributed by atoms with Crippen LogP contribution in [-0.4, -0.2) is 23.3 Å². The SMILES string of the molecule is CCOC1(C(N)=NO)CCC(C)(C)CC1. The molecule has 0 radical (unpaired) electrons. The Morgan fingerprint density at radius 1 is 1.33 bits per heavy atom. The van der Waals surface area contributed by atoms with Gasteiger partial charge in [-0.2, -0.15) is 0 Å². The Kier molecular flexibility index (Phi) is 3.60. The topological polar surface area (TPSA) is 67.8 Å². The van der Waals surface area contributed by atoms with Crippen molar-refractivity contribution in [1.82, 2.24) is 0 Å². The summed E-state index contributed by atoms with van der Waals surface area (Å²) in [5.74, 6) is 0.222. The molecule has 1 fully saturated rings. The molecule has 3 N–H and O–H groups in total. The molecule has 0 aromatic heterocycles. The summed E-state index contributed by atoms with van der Waals surface area (Å²) in [7, 11) is 0. The Morgan fingerprint density at radius 2 is 1.87 bits per heavy atom. The van der Waals surface area contributed by atoms with Crippen molar-refractivity contribution < 1.29 is 9.94 Å². The fraction of sp³-hybridized carbons (Fsp3) is 0.909. The van der Waals surface area contributed by atoms with Crippen LogP contribution in [0.5, 0.6) is 0 Å². The van der Waals surface area contributed by atoms with E-state index in [4.69, 9.17) is 15.7 Å². The van der Waals surface area contributed by atoms with E-state index in [0.717, 1.165) is 25.7 Å². The molecule has 15 heavy (non-hydrogen) atoms. The van der Waals surface area contributed by atoms with Gasteiger partial charge in [0, 0.05) is 6.61 Å². The lowest BCUT2D eigenvalue weighted by molar-refractivity contribution is -0.0357. The lowest BCUT2D eigenvalue weighted by Gasteiger charge is -2.42. The predicted molar refractivity (Wildman–Crippen MR) is 60.0 cm³/mol. The average molecular weight is 214 g/mol. The van der Waals surface area contributed by atoms with E-state index in [2.05, 4.69) is 19.0 Å². The van der Waals surface area contributed by atoms with Gasteiger partial charge >= 0.3 is 0 Å². The fourth-order valence-corrected chi connectivity index (χ4v) is 2.17. The molecule has 0 unspecified atom stereocenters. The molecule has 4 heteroatoms. The van der Waals surface area contributed by atoms with Crippen LogP contribution in [0.1, 0.15) is 46.5 Å². The summed E-state index contributed by atoms with van der Waals surface area (Å²) >= 11 is 0. The van der Waals surface area contributed by atoms with Gasteiger partial charge in [-0.1, -0.05) is 19.0 Å². The van der Waals surface area contributed by atoms with Crippen molar-refractivity contribution in [2.24, 2.45) is 16.3 Å². The van der Waals surface area contributed by atoms with Gasteiger partial charge in [-0.05, 0) is 38.0 Å². The van der Waals surface area contributed by atoms with Crippen LogP contribution in [0.15, 0.2) is 5.16 Å². The first-order valence-corrected chi connectivity index (χ1v) is 5.58. The molecule has 0 bridgehead atoms. The van der Waals surface area contributed by atoms with Crippen LogP contribution in [-0.2, 0) is 4.74 Å². The molecule has 0 spiro atoms. The molecular formula is C11H22N2O2. The number of hydrogen-bond donors (Lipinski definition) is 2. The zero-order chi connectivity index (χ0) is 11.5. The first-order chi connectivity index (χ1) is 6.96. The standard InChI is InChI=1S/C11H22N2O2/c1-4-15-11(9(12)13-14)7-5-10(2,3)6-8-11/h14H,4-8H2,1-3H3,(H2,12,13). The maximum Gasteiger partial charge on any atom is 0.171 e. The van der Waals surface area contributed by atoms with E-state index in [1.54, 1.807) is 0 Å². The smallest absolute Gasteiger partial charge is 0.171 e. The zero-order valence-electron chi connectivity index (χ0n) is 9.92. The van der Waals surface area contributed by atoms with Gasteiger partial charge in [0.25, 0.3) is 0 Å². The van der Waals surface area contributed by atoms with E-state index in [1.807, 2.05) is 6.92 Å². The molecule has 1 aliphatic rings. The Hall–Kier alpha value is -0.770. The second kappa shape index (κ2) is 4.39. The maximum absolute atomic E-state index is 8.79. The zero-order valence-corrected chi connectivity index (χ0v) is 9.92. The van der Waals surface area contributed by atoms with Crippen LogP contribution >= 0.6 is 0 Å². The summed E-state index contributed by atoms with van der Waals surface area (Å²) in [6.07, 6.45) is 3.76. The van der Waals surface area contributed by atoms with Crippen LogP contribution in [0.4, 0.5) is 0 Å². The second-order valence-corrected chi connectivity index (χ2v) is 5.08. The van der Waals surface area contributed by atoms with Gasteiger partial charge in [0.05, 0.1) is 0 Å². The fourth-order valence-electron chi connectivity index (χ4n) is 2.17. The van der Waals surface area contributed by atoms with Crippen molar-refractivity contribution in [3.8, 4) is 0 Å². The molecule has 0 aromatic carbocycles. The Morgan fingerprint density at radius 3 is 2.27 bits per heavy atom. The third kappa shape index (κ3) is 2.62. The van der Waals surface area contributed by atoms with Crippen molar-refractivity contribution >= 4 is 5.84 Å². The Balaban J connectivity index is 2.78. The number of rotatable bonds is 3. The van der Waals surface area contributed by atoms with Gasteiger partial charge in [-0.15, -0.1) is 0 Å². The summed E-state index contributed by atoms with van der Waals surface area (Å²) in [6, 6.07) is 0. The van der Waals surface area contributed by atoms with Crippen LogP contribution in [0.25, 0.3) is 0 Å². The Bertz CT molecular complexity index is 239. The number of oxime groups is 1. The molecule has 4 nitrogen and oxygen atoms in total. The van der Waals surface area contributed by atoms with Gasteiger partial charge in [0.15, 0.2) is 5.84 Å². The molecule has 1 rings (SSSR count). The minimum atomic E-state index is -0.529. The van der Waals surface area contributed by atoms with Crippen molar-refractivity contribution in [2.45, 2.75) is 52.1 Å². The summed E-state index contributed by atoms with van der Waals surface area (Å²) in [5.41, 5.74) is 5.55. The highest BCUT2D eigenvalue weighted by molar-refractivity contribution is 5.88. The largest absolute Gasteiger partial charge is 0.409 e. The molecule has 0 atom stereocenters. The second-order valence-electron chi connectivity index (χ2n) is 5.08. The Labute approximate surface area is 91.5 Å². The summed E-state index contributed by atoms with van der Waals surface area (Å²) < 4.78 is 5.70. The third-order valence-corrected chi connectivity index (χ3v) is 3.41. The van der Waals surface area contributed by atoms with Gasteiger partial charge in [-0.25, -0.2) is 0 Å². The molecule has 0 saturated heterocycles. The number of ether oxygens (including phenoxy) is 1. The molecule has 1 aliphatic carbocycles. The monoisotopic (exact) mass is 214 g/mol. The van der Waals surface area contributed by atoms with Crippen LogP contribution in [0.3, 0.4) is 0 Å². The summed E-state index contributed by atoms with van der Waals surface area (Å²) in [4.78, 5) is 0. The van der Waals surface area contributed by atoms with Gasteiger partial charge < -0.3 is 15.7 Å². The van der Waals surface area contributed by atoms with E-state index in [-0.39, 0.29) is 5.84 Å². The van der Waals surface area contributed by atoms with Crippen molar-refractivity contribution in [2.75, 3.05) is 6.61 Å². The maximum atomic E-state index is 8.79. The minimum Gasteiger partial charge on any atom is -0.409 e. The number of hydrogen-bond acceptors (Lipinski definition) is 3. The first-order valence-electron chi connectivity index (χ1n) is 5.58. The van der Waals surface area contributed by atoms with Crippen molar-refractivity contribution in [3.63, 3.8) is 0 Å². The number of nitrogens with zero attached hydrogens (tertiary/aromatic N) is 1. The lowest BCUT2D eigenvalue weighted by Crippen LogP contribution is -2.50. The van der Waals surface area contributed by atoms with E-state index < -0.39 is 5.60 Å². The molecule has 1 saturated carbocycles. The van der Waals surface area contributed by atoms with E-state index >= 15 is 0 Å². The quantitative estimate of drug-likeness (QED) is 0.327. The average Bonchev–Trinajstić information content (AvgIpc) is 2.21. The van der Waals surface area contributed by atoms with E-state index in [9.17, 15) is 0 Å². The van der Waals surface area contributed by atoms with E-state index in [0.29, 0.717) is 12.0 Å². The normalized spacial score (nSPS) is 25.1. The van der Waals surface area contributed by atoms with Crippen LogP contribution in [0, 0.1) is 5.41 Å². The first kappa shape index (κ1) is 12.3. The molecular weight excluding hydrogens is 192 g/mol.